The molecule has 1 aromatic rings. The van der Waals surface area contributed by atoms with Crippen LogP contribution in [0.15, 0.2) is 12.3 Å². The summed E-state index contributed by atoms with van der Waals surface area (Å²) in [5.41, 5.74) is 0.0923. The highest BCUT2D eigenvalue weighted by molar-refractivity contribution is 6.32. The van der Waals surface area contributed by atoms with Crippen LogP contribution in [-0.4, -0.2) is 42.1 Å². The van der Waals surface area contributed by atoms with Crippen molar-refractivity contribution in [2.75, 3.05) is 20.3 Å². The lowest BCUT2D eigenvalue weighted by Gasteiger charge is -2.30. The van der Waals surface area contributed by atoms with Crippen molar-refractivity contribution in [3.63, 3.8) is 0 Å². The minimum absolute atomic E-state index is 0.0183. The van der Waals surface area contributed by atoms with Crippen molar-refractivity contribution in [1.82, 2.24) is 9.88 Å². The molecule has 0 aromatic carbocycles. The Hall–Kier alpha value is -1.20. The summed E-state index contributed by atoms with van der Waals surface area (Å²) < 4.78 is 18.3. The maximum absolute atomic E-state index is 13.3. The lowest BCUT2D eigenvalue weighted by molar-refractivity contribution is 0.0588. The molecule has 0 aliphatic carbocycles. The molecule has 0 aliphatic rings. The Labute approximate surface area is 123 Å². The van der Waals surface area contributed by atoms with Gasteiger partial charge in [0.1, 0.15) is 11.0 Å². The van der Waals surface area contributed by atoms with Gasteiger partial charge in [0.2, 0.25) is 0 Å². The lowest BCUT2D eigenvalue weighted by Crippen LogP contribution is -2.42. The normalized spacial score (nSPS) is 10.9. The second-order valence-electron chi connectivity index (χ2n) is 4.45. The molecule has 1 rings (SSSR count). The van der Waals surface area contributed by atoms with Crippen molar-refractivity contribution in [1.29, 1.82) is 0 Å². The second kappa shape index (κ2) is 8.17. The van der Waals surface area contributed by atoms with E-state index in [1.807, 2.05) is 13.8 Å². The van der Waals surface area contributed by atoms with E-state index in [9.17, 15) is 9.18 Å². The summed E-state index contributed by atoms with van der Waals surface area (Å²) in [5, 5.41) is 0.0183. The molecule has 0 fully saturated rings. The fourth-order valence-corrected chi connectivity index (χ4v) is 2.28. The van der Waals surface area contributed by atoms with Gasteiger partial charge in [0.15, 0.2) is 0 Å². The van der Waals surface area contributed by atoms with Crippen LogP contribution in [0.4, 0.5) is 4.39 Å². The van der Waals surface area contributed by atoms with Crippen molar-refractivity contribution in [2.24, 2.45) is 0 Å². The van der Waals surface area contributed by atoms with Crippen LogP contribution in [0.1, 0.15) is 37.0 Å². The van der Waals surface area contributed by atoms with Gasteiger partial charge in [0.05, 0.1) is 18.4 Å². The van der Waals surface area contributed by atoms with Crippen LogP contribution in [0, 0.1) is 5.82 Å². The zero-order chi connectivity index (χ0) is 15.1. The number of carbonyl (C=O) groups excluding carboxylic acids is 1. The molecular formula is C14H20ClFN2O2. The molecule has 0 saturated heterocycles. The van der Waals surface area contributed by atoms with E-state index in [1.165, 1.54) is 0 Å². The van der Waals surface area contributed by atoms with Gasteiger partial charge in [-0.05, 0) is 18.9 Å². The highest BCUT2D eigenvalue weighted by atomic mass is 35.5. The zero-order valence-electron chi connectivity index (χ0n) is 12.0. The third-order valence-electron chi connectivity index (χ3n) is 3.22. The van der Waals surface area contributed by atoms with Crippen molar-refractivity contribution in [3.8, 4) is 0 Å². The Kier molecular flexibility index (Phi) is 6.88. The van der Waals surface area contributed by atoms with E-state index in [-0.39, 0.29) is 22.7 Å². The first-order valence-electron chi connectivity index (χ1n) is 6.66. The van der Waals surface area contributed by atoms with Gasteiger partial charge >= 0.3 is 0 Å². The van der Waals surface area contributed by atoms with Crippen LogP contribution in [0.5, 0.6) is 0 Å². The summed E-state index contributed by atoms with van der Waals surface area (Å²) in [6.45, 7) is 4.87. The first-order valence-corrected chi connectivity index (χ1v) is 7.03. The molecule has 0 N–H and O–H groups in total. The van der Waals surface area contributed by atoms with Crippen molar-refractivity contribution in [3.05, 3.63) is 28.8 Å². The maximum atomic E-state index is 13.3. The largest absolute Gasteiger partial charge is 0.383 e. The smallest absolute Gasteiger partial charge is 0.257 e. The molecule has 1 aromatic heterocycles. The van der Waals surface area contributed by atoms with Crippen molar-refractivity contribution >= 4 is 17.5 Å². The van der Waals surface area contributed by atoms with E-state index in [1.54, 1.807) is 12.0 Å². The predicted molar refractivity (Wildman–Crippen MR) is 76.5 cm³/mol. The van der Waals surface area contributed by atoms with Gasteiger partial charge in [0.25, 0.3) is 5.91 Å². The lowest BCUT2D eigenvalue weighted by atomic mass is 10.1. The Morgan fingerprint density at radius 1 is 1.50 bits per heavy atom. The van der Waals surface area contributed by atoms with Crippen LogP contribution in [0.3, 0.4) is 0 Å². The molecule has 0 aliphatic heterocycles. The summed E-state index contributed by atoms with van der Waals surface area (Å²) in [7, 11) is 1.58. The fourth-order valence-electron chi connectivity index (χ4n) is 2.10. The minimum Gasteiger partial charge on any atom is -0.383 e. The Balaban J connectivity index is 3.05. The number of hydrogen-bond acceptors (Lipinski definition) is 3. The number of amides is 1. The zero-order valence-corrected chi connectivity index (χ0v) is 12.8. The molecule has 20 heavy (non-hydrogen) atoms. The van der Waals surface area contributed by atoms with E-state index in [0.717, 1.165) is 25.1 Å². The Bertz CT molecular complexity index is 453. The molecule has 112 valence electrons. The van der Waals surface area contributed by atoms with E-state index in [2.05, 4.69) is 4.98 Å². The summed E-state index contributed by atoms with van der Waals surface area (Å²) in [6, 6.07) is 1.19. The van der Waals surface area contributed by atoms with Crippen LogP contribution >= 0.6 is 11.6 Å². The molecule has 0 saturated carbocycles. The van der Waals surface area contributed by atoms with Gasteiger partial charge in [-0.1, -0.05) is 25.4 Å². The molecule has 0 bridgehead atoms. The molecule has 0 radical (unpaired) electrons. The average Bonchev–Trinajstić information content (AvgIpc) is 2.45. The number of nitrogens with zero attached hydrogens (tertiary/aromatic N) is 2. The molecule has 1 heterocycles. The number of hydrogen-bond donors (Lipinski definition) is 0. The van der Waals surface area contributed by atoms with Crippen LogP contribution in [0.25, 0.3) is 0 Å². The summed E-state index contributed by atoms with van der Waals surface area (Å²) in [5.74, 6) is -0.887. The third-order valence-corrected chi connectivity index (χ3v) is 3.52. The van der Waals surface area contributed by atoms with Gasteiger partial charge < -0.3 is 9.64 Å². The maximum Gasteiger partial charge on any atom is 0.257 e. The fraction of sp³-hybridized carbons (Fsp3) is 0.571. The van der Waals surface area contributed by atoms with Gasteiger partial charge in [0, 0.05) is 19.7 Å². The van der Waals surface area contributed by atoms with E-state index in [0.29, 0.717) is 13.2 Å². The predicted octanol–water partition coefficient (Wildman–Crippen LogP) is 3.15. The molecular weight excluding hydrogens is 283 g/mol. The quantitative estimate of drug-likeness (QED) is 0.727. The van der Waals surface area contributed by atoms with Gasteiger partial charge in [-0.25, -0.2) is 9.37 Å². The second-order valence-corrected chi connectivity index (χ2v) is 4.81. The number of methoxy groups -OCH3 is 1. The molecule has 0 atom stereocenters. The third kappa shape index (κ3) is 4.15. The van der Waals surface area contributed by atoms with Gasteiger partial charge in [-0.3, -0.25) is 4.79 Å². The van der Waals surface area contributed by atoms with E-state index >= 15 is 0 Å². The number of rotatable bonds is 7. The SMILES string of the molecule is CCC(CC)N(CCOC)C(=O)c1cc(F)cnc1Cl. The summed E-state index contributed by atoms with van der Waals surface area (Å²) in [4.78, 5) is 17.9. The first-order chi connectivity index (χ1) is 9.54. The van der Waals surface area contributed by atoms with Crippen LogP contribution in [0.2, 0.25) is 5.15 Å². The van der Waals surface area contributed by atoms with Crippen molar-refractivity contribution in [2.45, 2.75) is 32.7 Å². The first kappa shape index (κ1) is 16.9. The highest BCUT2D eigenvalue weighted by Gasteiger charge is 2.24. The topological polar surface area (TPSA) is 42.4 Å². The van der Waals surface area contributed by atoms with Crippen molar-refractivity contribution < 1.29 is 13.9 Å². The summed E-state index contributed by atoms with van der Waals surface area (Å²) in [6.07, 6.45) is 2.62. The molecule has 0 spiro atoms. The Morgan fingerprint density at radius 3 is 2.70 bits per heavy atom. The Morgan fingerprint density at radius 2 is 2.15 bits per heavy atom. The number of aromatic nitrogens is 1. The van der Waals surface area contributed by atoms with Crippen LogP contribution < -0.4 is 0 Å². The van der Waals surface area contributed by atoms with Gasteiger partial charge in [-0.2, -0.15) is 0 Å². The monoisotopic (exact) mass is 302 g/mol. The molecule has 6 heteroatoms. The molecule has 0 unspecified atom stereocenters. The molecule has 4 nitrogen and oxygen atoms in total. The van der Waals surface area contributed by atoms with E-state index < -0.39 is 5.82 Å². The minimum atomic E-state index is -0.575. The highest BCUT2D eigenvalue weighted by Crippen LogP contribution is 2.19. The van der Waals surface area contributed by atoms with Crippen LogP contribution in [-0.2, 0) is 4.74 Å². The number of pyridine rings is 1. The number of carbonyl (C=O) groups is 1. The van der Waals surface area contributed by atoms with E-state index in [4.69, 9.17) is 16.3 Å². The summed E-state index contributed by atoms with van der Waals surface area (Å²) >= 11 is 5.90. The number of ether oxygens (including phenoxy) is 1. The average molecular weight is 303 g/mol. The number of halogens is 2. The standard InChI is InChI=1S/C14H20ClFN2O2/c1-4-11(5-2)18(6-7-20-3)14(19)12-8-10(16)9-17-13(12)15/h8-9,11H,4-7H2,1-3H3. The molecule has 1 amide bonds. The van der Waals surface area contributed by atoms with Gasteiger partial charge in [-0.15, -0.1) is 0 Å².